The van der Waals surface area contributed by atoms with Gasteiger partial charge in [0.1, 0.15) is 5.78 Å². The van der Waals surface area contributed by atoms with Crippen molar-refractivity contribution in [1.29, 1.82) is 0 Å². The van der Waals surface area contributed by atoms with E-state index in [0.29, 0.717) is 11.7 Å². The van der Waals surface area contributed by atoms with Gasteiger partial charge in [0, 0.05) is 12.3 Å². The van der Waals surface area contributed by atoms with Gasteiger partial charge in [-0.1, -0.05) is 41.5 Å². The summed E-state index contributed by atoms with van der Waals surface area (Å²) in [7, 11) is 0. The average Bonchev–Trinajstić information content (AvgIpc) is 2.80. The molecule has 1 nitrogen and oxygen atoms in total. The van der Waals surface area contributed by atoms with E-state index < -0.39 is 0 Å². The Morgan fingerprint density at radius 2 is 1.89 bits per heavy atom. The average molecular weight is 240 g/mol. The van der Waals surface area contributed by atoms with Crippen molar-refractivity contribution < 1.29 is 4.79 Å². The number of Topliss-reactive ketones (excluding diaryl/α,β-unsaturated/α-hetero) is 1. The highest BCUT2D eigenvalue weighted by Gasteiger charge is 2.32. The van der Waals surface area contributed by atoms with Crippen molar-refractivity contribution in [3.63, 3.8) is 0 Å². The first-order valence-electron chi connectivity index (χ1n) is 7.02. The fourth-order valence-electron chi connectivity index (χ4n) is 3.63. The van der Waals surface area contributed by atoms with Crippen LogP contribution >= 0.6 is 0 Å². The number of carbonyl (C=O) groups excluding carboxylic acids is 1. The van der Waals surface area contributed by atoms with E-state index in [9.17, 15) is 4.79 Å². The van der Waals surface area contributed by atoms with Crippen molar-refractivity contribution in [1.82, 2.24) is 0 Å². The van der Waals surface area contributed by atoms with Crippen molar-refractivity contribution in [2.45, 2.75) is 44.9 Å². The molecule has 94 valence electrons. The minimum atomic E-state index is 0.101. The Labute approximate surface area is 109 Å². The summed E-state index contributed by atoms with van der Waals surface area (Å²) in [6.07, 6.45) is 5.44. The molecule has 3 rings (SSSR count). The van der Waals surface area contributed by atoms with Gasteiger partial charge < -0.3 is 0 Å². The molecule has 1 aromatic carbocycles. The normalized spacial score (nSPS) is 28.2. The monoisotopic (exact) mass is 240 g/mol. The highest BCUT2D eigenvalue weighted by molar-refractivity contribution is 5.87. The molecule has 0 radical (unpaired) electrons. The van der Waals surface area contributed by atoms with Crippen LogP contribution in [0.4, 0.5) is 0 Å². The van der Waals surface area contributed by atoms with Crippen LogP contribution < -0.4 is 0 Å². The highest BCUT2D eigenvalue weighted by atomic mass is 16.1. The molecule has 18 heavy (non-hydrogen) atoms. The van der Waals surface area contributed by atoms with Gasteiger partial charge in [0.15, 0.2) is 0 Å². The number of fused-ring (bicyclic) bond motifs is 1. The van der Waals surface area contributed by atoms with Crippen molar-refractivity contribution in [2.75, 3.05) is 0 Å². The van der Waals surface area contributed by atoms with Crippen LogP contribution in [-0.4, -0.2) is 5.78 Å². The van der Waals surface area contributed by atoms with Crippen molar-refractivity contribution in [3.8, 4) is 0 Å². The molecule has 0 heterocycles. The molecule has 0 bridgehead atoms. The predicted octanol–water partition coefficient (Wildman–Crippen LogP) is 4.25. The smallest absolute Gasteiger partial charge is 0.141 e. The third kappa shape index (κ3) is 2.03. The Morgan fingerprint density at radius 1 is 1.11 bits per heavy atom. The summed E-state index contributed by atoms with van der Waals surface area (Å²) in [6, 6.07) is 10.3. The van der Waals surface area contributed by atoms with Crippen molar-refractivity contribution in [2.24, 2.45) is 5.92 Å². The van der Waals surface area contributed by atoms with Gasteiger partial charge >= 0.3 is 0 Å². The van der Waals surface area contributed by atoms with E-state index in [4.69, 9.17) is 0 Å². The van der Waals surface area contributed by atoms with Crippen LogP contribution in [0.1, 0.15) is 50.5 Å². The lowest BCUT2D eigenvalue weighted by atomic mass is 9.88. The number of hydrogen-bond acceptors (Lipinski definition) is 1. The molecule has 0 saturated heterocycles. The summed E-state index contributed by atoms with van der Waals surface area (Å²) < 4.78 is 0. The number of benzene rings is 1. The number of ketones is 1. The largest absolute Gasteiger partial charge is 0.299 e. The molecule has 0 aliphatic heterocycles. The van der Waals surface area contributed by atoms with Gasteiger partial charge in [0.25, 0.3) is 0 Å². The van der Waals surface area contributed by atoms with E-state index in [-0.39, 0.29) is 5.92 Å². The van der Waals surface area contributed by atoms with Crippen molar-refractivity contribution in [3.05, 3.63) is 47.0 Å². The molecule has 1 heteroatoms. The quantitative estimate of drug-likeness (QED) is 0.671. The lowest BCUT2D eigenvalue weighted by Gasteiger charge is -2.14. The molecule has 0 aromatic heterocycles. The van der Waals surface area contributed by atoms with Crippen LogP contribution in [0.25, 0.3) is 0 Å². The molecule has 2 unspecified atom stereocenters. The molecule has 0 spiro atoms. The van der Waals surface area contributed by atoms with E-state index in [1.165, 1.54) is 30.4 Å². The molecular formula is C17H20O. The maximum Gasteiger partial charge on any atom is 0.141 e. The van der Waals surface area contributed by atoms with Gasteiger partial charge in [-0.25, -0.2) is 0 Å². The third-order valence-electron chi connectivity index (χ3n) is 4.59. The number of hydrogen-bond donors (Lipinski definition) is 0. The Hall–Kier alpha value is -1.37. The second kappa shape index (κ2) is 4.72. The van der Waals surface area contributed by atoms with Crippen LogP contribution in [0.15, 0.2) is 41.5 Å². The molecule has 0 N–H and O–H groups in total. The fraction of sp³-hybridized carbons (Fsp3) is 0.471. The Bertz CT molecular complexity index is 484. The zero-order chi connectivity index (χ0) is 12.5. The number of rotatable bonds is 1. The molecule has 1 saturated carbocycles. The first kappa shape index (κ1) is 11.7. The summed E-state index contributed by atoms with van der Waals surface area (Å²) in [6.45, 7) is 2.24. The molecule has 2 aliphatic rings. The van der Waals surface area contributed by atoms with E-state index in [1.54, 1.807) is 5.57 Å². The van der Waals surface area contributed by atoms with E-state index in [1.807, 2.05) is 18.2 Å². The summed E-state index contributed by atoms with van der Waals surface area (Å²) >= 11 is 0. The highest BCUT2D eigenvalue weighted by Crippen LogP contribution is 2.42. The molecule has 1 fully saturated rings. The second-order valence-corrected chi connectivity index (χ2v) is 5.73. The lowest BCUT2D eigenvalue weighted by molar-refractivity contribution is -0.120. The van der Waals surface area contributed by atoms with Gasteiger partial charge in [0.2, 0.25) is 0 Å². The lowest BCUT2D eigenvalue weighted by Crippen LogP contribution is -2.13. The summed E-state index contributed by atoms with van der Waals surface area (Å²) in [5, 5.41) is 0. The molecular weight excluding hydrogens is 220 g/mol. The van der Waals surface area contributed by atoms with Gasteiger partial charge in [-0.3, -0.25) is 4.79 Å². The summed E-state index contributed by atoms with van der Waals surface area (Å²) in [4.78, 5) is 12.5. The topological polar surface area (TPSA) is 17.1 Å². The van der Waals surface area contributed by atoms with Crippen LogP contribution in [0, 0.1) is 5.92 Å². The van der Waals surface area contributed by atoms with Crippen LogP contribution in [-0.2, 0) is 4.79 Å². The SMILES string of the molecule is CC1=C2CCCC2CC(=O)C(c2ccccc2)C1. The van der Waals surface area contributed by atoms with E-state index in [2.05, 4.69) is 19.1 Å². The minimum absolute atomic E-state index is 0.101. The van der Waals surface area contributed by atoms with Crippen LogP contribution in [0.5, 0.6) is 0 Å². The minimum Gasteiger partial charge on any atom is -0.299 e. The summed E-state index contributed by atoms with van der Waals surface area (Å²) in [5.74, 6) is 1.11. The predicted molar refractivity (Wildman–Crippen MR) is 73.5 cm³/mol. The Morgan fingerprint density at radius 3 is 2.67 bits per heavy atom. The van der Waals surface area contributed by atoms with E-state index in [0.717, 1.165) is 12.8 Å². The fourth-order valence-corrected chi connectivity index (χ4v) is 3.63. The zero-order valence-corrected chi connectivity index (χ0v) is 11.0. The van der Waals surface area contributed by atoms with Gasteiger partial charge in [-0.2, -0.15) is 0 Å². The Balaban J connectivity index is 1.94. The molecule has 0 amide bonds. The van der Waals surface area contributed by atoms with Crippen LogP contribution in [0.3, 0.4) is 0 Å². The first-order valence-corrected chi connectivity index (χ1v) is 7.02. The number of allylic oxidation sites excluding steroid dienone is 2. The molecule has 2 aliphatic carbocycles. The van der Waals surface area contributed by atoms with E-state index >= 15 is 0 Å². The molecule has 1 aromatic rings. The zero-order valence-electron chi connectivity index (χ0n) is 11.0. The Kier molecular flexibility index (Phi) is 3.07. The standard InChI is InChI=1S/C17H20O/c1-12-10-16(13-6-3-2-4-7-13)17(18)11-14-8-5-9-15(12)14/h2-4,6-7,14,16H,5,8-11H2,1H3. The summed E-state index contributed by atoms with van der Waals surface area (Å²) in [5.41, 5.74) is 4.28. The first-order chi connectivity index (χ1) is 8.75. The second-order valence-electron chi connectivity index (χ2n) is 5.73. The maximum atomic E-state index is 12.5. The maximum absolute atomic E-state index is 12.5. The van der Waals surface area contributed by atoms with Gasteiger partial charge in [-0.15, -0.1) is 0 Å². The van der Waals surface area contributed by atoms with Crippen LogP contribution in [0.2, 0.25) is 0 Å². The third-order valence-corrected chi connectivity index (χ3v) is 4.59. The number of carbonyl (C=O) groups is 1. The molecule has 2 atom stereocenters. The van der Waals surface area contributed by atoms with Crippen molar-refractivity contribution >= 4 is 5.78 Å². The van der Waals surface area contributed by atoms with Gasteiger partial charge in [0.05, 0.1) is 0 Å². The van der Waals surface area contributed by atoms with Gasteiger partial charge in [-0.05, 0) is 44.1 Å².